The zero-order valence-electron chi connectivity index (χ0n) is 21.1. The summed E-state index contributed by atoms with van der Waals surface area (Å²) in [6, 6.07) is 17.7. The minimum atomic E-state index is -0.211. The van der Waals surface area contributed by atoms with E-state index in [0.29, 0.717) is 24.7 Å². The molecule has 0 spiro atoms. The van der Waals surface area contributed by atoms with E-state index < -0.39 is 0 Å². The zero-order valence-corrected chi connectivity index (χ0v) is 21.1. The molecule has 0 bridgehead atoms. The molecule has 9 heteroatoms. The van der Waals surface area contributed by atoms with E-state index in [1.807, 2.05) is 42.5 Å². The maximum absolute atomic E-state index is 11.5. The Bertz CT molecular complexity index is 1550. The monoisotopic (exact) mass is 497 g/mol. The molecule has 0 aliphatic carbocycles. The highest BCUT2D eigenvalue weighted by molar-refractivity contribution is 5.84. The van der Waals surface area contributed by atoms with Crippen molar-refractivity contribution in [1.82, 2.24) is 20.2 Å². The number of nitrogens with one attached hydrogen (secondary N) is 2. The number of aromatic amines is 1. The Hall–Kier alpha value is -4.66. The fourth-order valence-electron chi connectivity index (χ4n) is 4.37. The van der Waals surface area contributed by atoms with Crippen molar-refractivity contribution in [3.63, 3.8) is 0 Å². The van der Waals surface area contributed by atoms with Gasteiger partial charge in [-0.2, -0.15) is 0 Å². The van der Waals surface area contributed by atoms with Gasteiger partial charge in [0, 0.05) is 23.2 Å². The average Bonchev–Trinajstić information content (AvgIpc) is 3.53. The van der Waals surface area contributed by atoms with E-state index in [0.717, 1.165) is 56.1 Å². The summed E-state index contributed by atoms with van der Waals surface area (Å²) in [4.78, 5) is 19.8. The van der Waals surface area contributed by atoms with Gasteiger partial charge in [-0.3, -0.25) is 4.79 Å². The number of anilines is 2. The first-order valence-electron chi connectivity index (χ1n) is 11.9. The molecule has 5 aromatic rings. The summed E-state index contributed by atoms with van der Waals surface area (Å²) in [7, 11) is 3.03. The summed E-state index contributed by atoms with van der Waals surface area (Å²) >= 11 is 0. The SMILES string of the molecule is COC(=O)CCc1cc(C)c(-c2nc3ccc(-c4nnc(Nc5ccc(OC)cc5)o4)cc3[nH]2)c(C)c1. The van der Waals surface area contributed by atoms with Gasteiger partial charge in [-0.1, -0.05) is 17.2 Å². The van der Waals surface area contributed by atoms with Crippen molar-refractivity contribution in [3.05, 3.63) is 71.3 Å². The van der Waals surface area contributed by atoms with Crippen LogP contribution in [0, 0.1) is 13.8 Å². The molecule has 0 saturated heterocycles. The lowest BCUT2D eigenvalue weighted by molar-refractivity contribution is -0.140. The van der Waals surface area contributed by atoms with Crippen LogP contribution in [-0.2, 0) is 16.0 Å². The number of esters is 1. The van der Waals surface area contributed by atoms with Gasteiger partial charge in [0.2, 0.25) is 5.89 Å². The van der Waals surface area contributed by atoms with Gasteiger partial charge in [-0.25, -0.2) is 4.98 Å². The number of benzene rings is 3. The Morgan fingerprint density at radius 1 is 1.00 bits per heavy atom. The molecule has 0 unspecified atom stereocenters. The predicted molar refractivity (Wildman–Crippen MR) is 141 cm³/mol. The lowest BCUT2D eigenvalue weighted by atomic mass is 9.97. The number of nitrogens with zero attached hydrogens (tertiary/aromatic N) is 3. The van der Waals surface area contributed by atoms with Crippen LogP contribution >= 0.6 is 0 Å². The second-order valence-electron chi connectivity index (χ2n) is 8.76. The Morgan fingerprint density at radius 3 is 2.46 bits per heavy atom. The van der Waals surface area contributed by atoms with E-state index in [4.69, 9.17) is 18.9 Å². The van der Waals surface area contributed by atoms with Crippen molar-refractivity contribution in [2.45, 2.75) is 26.7 Å². The van der Waals surface area contributed by atoms with Crippen LogP contribution in [0.2, 0.25) is 0 Å². The van der Waals surface area contributed by atoms with Crippen LogP contribution in [0.1, 0.15) is 23.1 Å². The van der Waals surface area contributed by atoms with Crippen LogP contribution in [0.3, 0.4) is 0 Å². The first-order chi connectivity index (χ1) is 17.9. The van der Waals surface area contributed by atoms with E-state index in [1.54, 1.807) is 7.11 Å². The number of rotatable bonds is 8. The first-order valence-corrected chi connectivity index (χ1v) is 11.9. The summed E-state index contributed by atoms with van der Waals surface area (Å²) < 4.78 is 15.8. The lowest BCUT2D eigenvalue weighted by Gasteiger charge is -2.10. The van der Waals surface area contributed by atoms with Gasteiger partial charge in [0.05, 0.1) is 25.3 Å². The van der Waals surface area contributed by atoms with Gasteiger partial charge >= 0.3 is 12.0 Å². The molecular formula is C28H27N5O4. The van der Waals surface area contributed by atoms with Crippen molar-refractivity contribution < 1.29 is 18.7 Å². The smallest absolute Gasteiger partial charge is 0.320 e. The van der Waals surface area contributed by atoms with E-state index in [2.05, 4.69) is 46.5 Å². The topological polar surface area (TPSA) is 115 Å². The number of carbonyl (C=O) groups excluding carboxylic acids is 1. The van der Waals surface area contributed by atoms with Crippen LogP contribution in [0.15, 0.2) is 59.0 Å². The largest absolute Gasteiger partial charge is 0.497 e. The predicted octanol–water partition coefficient (Wildman–Crippen LogP) is 5.75. The second kappa shape index (κ2) is 10.1. The fourth-order valence-corrected chi connectivity index (χ4v) is 4.37. The minimum Gasteiger partial charge on any atom is -0.497 e. The number of methoxy groups -OCH3 is 2. The molecule has 2 heterocycles. The molecule has 0 aliphatic rings. The molecule has 9 nitrogen and oxygen atoms in total. The Morgan fingerprint density at radius 2 is 1.76 bits per heavy atom. The molecule has 5 rings (SSSR count). The number of H-pyrrole nitrogens is 1. The number of ether oxygens (including phenoxy) is 2. The number of imidazole rings is 1. The Kier molecular flexibility index (Phi) is 6.59. The molecule has 3 aromatic carbocycles. The van der Waals surface area contributed by atoms with Crippen LogP contribution in [0.25, 0.3) is 33.9 Å². The van der Waals surface area contributed by atoms with Crippen LogP contribution in [-0.4, -0.2) is 40.4 Å². The molecular weight excluding hydrogens is 470 g/mol. The standard InChI is InChI=1S/C28H27N5O4/c1-16-13-18(5-12-24(34)36-4)14-17(2)25(16)26-30-22-11-6-19(15-23(22)31-26)27-32-33-28(37-27)29-20-7-9-21(35-3)10-8-20/h6-11,13-15H,5,12H2,1-4H3,(H,29,33)(H,30,31). The van der Waals surface area contributed by atoms with E-state index in [1.165, 1.54) is 7.11 Å². The summed E-state index contributed by atoms with van der Waals surface area (Å²) in [6.45, 7) is 4.11. The number of aromatic nitrogens is 4. The number of hydrogen-bond acceptors (Lipinski definition) is 8. The molecule has 0 aliphatic heterocycles. The number of hydrogen-bond donors (Lipinski definition) is 2. The Labute approximate surface area is 213 Å². The number of carbonyl (C=O) groups is 1. The summed E-state index contributed by atoms with van der Waals surface area (Å²) in [5, 5.41) is 11.4. The molecule has 0 atom stereocenters. The summed E-state index contributed by atoms with van der Waals surface area (Å²) in [6.07, 6.45) is 0.993. The highest BCUT2D eigenvalue weighted by Crippen LogP contribution is 2.31. The molecule has 0 fully saturated rings. The van der Waals surface area contributed by atoms with Crippen molar-refractivity contribution in [3.8, 4) is 28.6 Å². The fraction of sp³-hybridized carbons (Fsp3) is 0.214. The molecule has 0 radical (unpaired) electrons. The molecule has 2 N–H and O–H groups in total. The minimum absolute atomic E-state index is 0.211. The summed E-state index contributed by atoms with van der Waals surface area (Å²) in [5.41, 5.74) is 7.61. The average molecular weight is 498 g/mol. The van der Waals surface area contributed by atoms with Crippen molar-refractivity contribution >= 4 is 28.7 Å². The molecule has 2 aromatic heterocycles. The summed E-state index contributed by atoms with van der Waals surface area (Å²) in [5.74, 6) is 1.74. The van der Waals surface area contributed by atoms with Crippen LogP contribution < -0.4 is 10.1 Å². The van der Waals surface area contributed by atoms with Gasteiger partial charge in [-0.15, -0.1) is 5.10 Å². The zero-order chi connectivity index (χ0) is 25.9. The third-order valence-corrected chi connectivity index (χ3v) is 6.17. The quantitative estimate of drug-likeness (QED) is 0.260. The maximum atomic E-state index is 11.5. The normalized spacial score (nSPS) is 11.0. The first kappa shape index (κ1) is 24.1. The van der Waals surface area contributed by atoms with Gasteiger partial charge < -0.3 is 24.2 Å². The van der Waals surface area contributed by atoms with E-state index in [-0.39, 0.29) is 5.97 Å². The second-order valence-corrected chi connectivity index (χ2v) is 8.76. The maximum Gasteiger partial charge on any atom is 0.320 e. The molecule has 188 valence electrons. The van der Waals surface area contributed by atoms with Crippen molar-refractivity contribution in [1.29, 1.82) is 0 Å². The van der Waals surface area contributed by atoms with Crippen molar-refractivity contribution in [2.75, 3.05) is 19.5 Å². The highest BCUT2D eigenvalue weighted by Gasteiger charge is 2.15. The van der Waals surface area contributed by atoms with Gasteiger partial charge in [0.15, 0.2) is 0 Å². The van der Waals surface area contributed by atoms with Gasteiger partial charge in [-0.05, 0) is 79.4 Å². The van der Waals surface area contributed by atoms with E-state index in [9.17, 15) is 4.79 Å². The third-order valence-electron chi connectivity index (χ3n) is 6.17. The Balaban J connectivity index is 1.37. The van der Waals surface area contributed by atoms with E-state index >= 15 is 0 Å². The molecule has 0 saturated carbocycles. The third kappa shape index (κ3) is 5.16. The highest BCUT2D eigenvalue weighted by atomic mass is 16.5. The molecule has 0 amide bonds. The lowest BCUT2D eigenvalue weighted by Crippen LogP contribution is -2.02. The van der Waals surface area contributed by atoms with Gasteiger partial charge in [0.25, 0.3) is 0 Å². The molecule has 37 heavy (non-hydrogen) atoms. The number of aryl methyl sites for hydroxylation is 3. The van der Waals surface area contributed by atoms with Crippen LogP contribution in [0.4, 0.5) is 11.7 Å². The van der Waals surface area contributed by atoms with Crippen molar-refractivity contribution in [2.24, 2.45) is 0 Å². The van der Waals surface area contributed by atoms with Crippen LogP contribution in [0.5, 0.6) is 5.75 Å². The number of fused-ring (bicyclic) bond motifs is 1. The van der Waals surface area contributed by atoms with Gasteiger partial charge in [0.1, 0.15) is 11.6 Å².